The first-order valence-corrected chi connectivity index (χ1v) is 8.67. The van der Waals surface area contributed by atoms with Crippen LogP contribution in [0.3, 0.4) is 0 Å². The van der Waals surface area contributed by atoms with Crippen LogP contribution >= 0.6 is 31.9 Å². The Morgan fingerprint density at radius 1 is 1.20 bits per heavy atom. The number of rotatable bonds is 4. The summed E-state index contributed by atoms with van der Waals surface area (Å²) < 4.78 is 19.3. The summed E-state index contributed by atoms with van der Waals surface area (Å²) in [6, 6.07) is 11.0. The fourth-order valence-electron chi connectivity index (χ4n) is 1.76. The molecular formula is C14H13Br2NO2S. The zero-order chi connectivity index (χ0) is 14.7. The van der Waals surface area contributed by atoms with Gasteiger partial charge in [-0.05, 0) is 51.8 Å². The monoisotopic (exact) mass is 417 g/mol. The lowest BCUT2D eigenvalue weighted by Gasteiger charge is -2.08. The van der Waals surface area contributed by atoms with Crippen molar-refractivity contribution in [3.63, 3.8) is 0 Å². The quantitative estimate of drug-likeness (QED) is 0.760. The van der Waals surface area contributed by atoms with Crippen molar-refractivity contribution in [3.05, 3.63) is 50.9 Å². The summed E-state index contributed by atoms with van der Waals surface area (Å²) in [5, 5.41) is 0. The van der Waals surface area contributed by atoms with Gasteiger partial charge in [0.05, 0.1) is 33.0 Å². The van der Waals surface area contributed by atoms with Crippen LogP contribution in [0.25, 0.3) is 0 Å². The maximum absolute atomic E-state index is 12.4. The fourth-order valence-corrected chi connectivity index (χ4v) is 3.90. The third-order valence-corrected chi connectivity index (χ3v) is 5.30. The zero-order valence-corrected chi connectivity index (χ0v) is 14.7. The highest BCUT2D eigenvalue weighted by Gasteiger charge is 2.10. The zero-order valence-electron chi connectivity index (χ0n) is 10.7. The summed E-state index contributed by atoms with van der Waals surface area (Å²) in [6.45, 7) is 0. The summed E-state index contributed by atoms with van der Waals surface area (Å²) in [5.41, 5.74) is 7.39. The molecule has 0 bridgehead atoms. The van der Waals surface area contributed by atoms with Crippen LogP contribution in [0.5, 0.6) is 5.75 Å². The Bertz CT molecular complexity index is 662. The first-order valence-electron chi connectivity index (χ1n) is 5.77. The third kappa shape index (κ3) is 3.62. The number of nitrogen functional groups attached to an aromatic ring is 1. The molecule has 0 radical (unpaired) electrons. The van der Waals surface area contributed by atoms with Crippen LogP contribution in [0.1, 0.15) is 5.56 Å². The van der Waals surface area contributed by atoms with Gasteiger partial charge >= 0.3 is 0 Å². The molecule has 0 aromatic heterocycles. The van der Waals surface area contributed by atoms with Gasteiger partial charge < -0.3 is 10.5 Å². The van der Waals surface area contributed by atoms with Crippen LogP contribution in [-0.2, 0) is 16.6 Å². The lowest BCUT2D eigenvalue weighted by Crippen LogP contribution is -2.01. The van der Waals surface area contributed by atoms with E-state index in [2.05, 4.69) is 31.9 Å². The smallest absolute Gasteiger partial charge is 0.133 e. The average molecular weight is 419 g/mol. The molecule has 0 aliphatic carbocycles. The molecule has 0 saturated carbocycles. The van der Waals surface area contributed by atoms with E-state index in [1.54, 1.807) is 19.2 Å². The fraction of sp³-hybridized carbons (Fsp3) is 0.143. The van der Waals surface area contributed by atoms with Crippen molar-refractivity contribution in [3.8, 4) is 5.75 Å². The van der Waals surface area contributed by atoms with Gasteiger partial charge in [-0.2, -0.15) is 0 Å². The van der Waals surface area contributed by atoms with E-state index in [-0.39, 0.29) is 0 Å². The van der Waals surface area contributed by atoms with E-state index in [0.717, 1.165) is 20.3 Å². The van der Waals surface area contributed by atoms with E-state index in [0.29, 0.717) is 16.3 Å². The number of anilines is 1. The second-order valence-corrected chi connectivity index (χ2v) is 7.33. The van der Waals surface area contributed by atoms with Crippen molar-refractivity contribution in [1.82, 2.24) is 0 Å². The van der Waals surface area contributed by atoms with Gasteiger partial charge in [0.25, 0.3) is 0 Å². The molecule has 2 aromatic carbocycles. The lowest BCUT2D eigenvalue weighted by molar-refractivity contribution is 0.412. The van der Waals surface area contributed by atoms with Crippen molar-refractivity contribution >= 4 is 48.3 Å². The Morgan fingerprint density at radius 2 is 1.95 bits per heavy atom. The molecular weight excluding hydrogens is 406 g/mol. The molecule has 106 valence electrons. The van der Waals surface area contributed by atoms with Crippen LogP contribution in [0.4, 0.5) is 5.69 Å². The van der Waals surface area contributed by atoms with Crippen molar-refractivity contribution in [1.29, 1.82) is 0 Å². The van der Waals surface area contributed by atoms with Gasteiger partial charge in [-0.25, -0.2) is 0 Å². The highest BCUT2D eigenvalue weighted by atomic mass is 79.9. The molecule has 20 heavy (non-hydrogen) atoms. The summed E-state index contributed by atoms with van der Waals surface area (Å²) in [4.78, 5) is 0.653. The second-order valence-electron chi connectivity index (χ2n) is 4.14. The van der Waals surface area contributed by atoms with Crippen molar-refractivity contribution in [2.75, 3.05) is 12.8 Å². The molecule has 0 aliphatic heterocycles. The average Bonchev–Trinajstić information content (AvgIpc) is 2.38. The minimum Gasteiger partial charge on any atom is -0.496 e. The molecule has 0 amide bonds. The van der Waals surface area contributed by atoms with Crippen LogP contribution < -0.4 is 10.5 Å². The second kappa shape index (κ2) is 6.74. The maximum Gasteiger partial charge on any atom is 0.133 e. The van der Waals surface area contributed by atoms with Crippen LogP contribution in [0.15, 0.2) is 50.2 Å². The van der Waals surface area contributed by atoms with Gasteiger partial charge in [-0.15, -0.1) is 0 Å². The van der Waals surface area contributed by atoms with E-state index in [1.165, 1.54) is 0 Å². The molecule has 6 heteroatoms. The molecule has 0 spiro atoms. The minimum absolute atomic E-state index is 0.411. The SMILES string of the molecule is COc1ccc(CS(=O)c2ccc(Br)cc2N)cc1Br. The van der Waals surface area contributed by atoms with Gasteiger partial charge in [-0.1, -0.05) is 22.0 Å². The van der Waals surface area contributed by atoms with Gasteiger partial charge in [0.1, 0.15) is 5.75 Å². The topological polar surface area (TPSA) is 52.3 Å². The van der Waals surface area contributed by atoms with Crippen LogP contribution in [0.2, 0.25) is 0 Å². The number of nitrogens with two attached hydrogens (primary N) is 1. The molecule has 0 aliphatic rings. The molecule has 0 heterocycles. The van der Waals surface area contributed by atoms with Gasteiger partial charge in [0, 0.05) is 10.2 Å². The standard InChI is InChI=1S/C14H13Br2NO2S/c1-19-13-4-2-9(6-11(13)16)8-20(18)14-5-3-10(15)7-12(14)17/h2-7H,8,17H2,1H3. The first-order chi connectivity index (χ1) is 9.51. The predicted molar refractivity (Wildman–Crippen MR) is 89.4 cm³/mol. The molecule has 0 saturated heterocycles. The van der Waals surface area contributed by atoms with E-state index in [9.17, 15) is 4.21 Å². The van der Waals surface area contributed by atoms with Crippen molar-refractivity contribution in [2.45, 2.75) is 10.6 Å². The number of hydrogen-bond donors (Lipinski definition) is 1. The van der Waals surface area contributed by atoms with E-state index < -0.39 is 10.8 Å². The first kappa shape index (κ1) is 15.5. The highest BCUT2D eigenvalue weighted by Crippen LogP contribution is 2.28. The number of benzene rings is 2. The van der Waals surface area contributed by atoms with Gasteiger partial charge in [0.15, 0.2) is 0 Å². The maximum atomic E-state index is 12.4. The lowest BCUT2D eigenvalue weighted by atomic mass is 10.2. The summed E-state index contributed by atoms with van der Waals surface area (Å²) in [5.74, 6) is 1.16. The highest BCUT2D eigenvalue weighted by molar-refractivity contribution is 9.10. The Kier molecular flexibility index (Phi) is 5.23. The minimum atomic E-state index is -1.18. The molecule has 1 unspecified atom stereocenters. The van der Waals surface area contributed by atoms with Gasteiger partial charge in [-0.3, -0.25) is 4.21 Å². The van der Waals surface area contributed by atoms with Crippen LogP contribution in [0, 0.1) is 0 Å². The normalized spacial score (nSPS) is 12.2. The summed E-state index contributed by atoms with van der Waals surface area (Å²) >= 11 is 6.76. The third-order valence-electron chi connectivity index (χ3n) is 2.73. The van der Waals surface area contributed by atoms with Crippen molar-refractivity contribution < 1.29 is 8.95 Å². The van der Waals surface area contributed by atoms with E-state index in [1.807, 2.05) is 24.3 Å². The molecule has 2 N–H and O–H groups in total. The molecule has 3 nitrogen and oxygen atoms in total. The number of halogens is 2. The summed E-state index contributed by atoms with van der Waals surface area (Å²) in [6.07, 6.45) is 0. The predicted octanol–water partition coefficient (Wildman–Crippen LogP) is 4.11. The number of methoxy groups -OCH3 is 1. The van der Waals surface area contributed by atoms with E-state index in [4.69, 9.17) is 10.5 Å². The van der Waals surface area contributed by atoms with Crippen molar-refractivity contribution in [2.24, 2.45) is 0 Å². The van der Waals surface area contributed by atoms with E-state index >= 15 is 0 Å². The largest absolute Gasteiger partial charge is 0.496 e. The number of ether oxygens (including phenoxy) is 1. The van der Waals surface area contributed by atoms with Gasteiger partial charge in [0.2, 0.25) is 0 Å². The Hall–Kier alpha value is -0.850. The Morgan fingerprint density at radius 3 is 2.55 bits per heavy atom. The Labute approximate surface area is 137 Å². The molecule has 2 aromatic rings. The summed E-state index contributed by atoms with van der Waals surface area (Å²) in [7, 11) is 0.433. The molecule has 0 fully saturated rings. The molecule has 1 atom stereocenters. The molecule has 2 rings (SSSR count). The Balaban J connectivity index is 2.21. The number of hydrogen-bond acceptors (Lipinski definition) is 3. The van der Waals surface area contributed by atoms with Crippen LogP contribution in [-0.4, -0.2) is 11.3 Å².